The third-order valence-corrected chi connectivity index (χ3v) is 2.33. The van der Waals surface area contributed by atoms with Crippen molar-refractivity contribution in [1.82, 2.24) is 4.98 Å². The Balaban J connectivity index is 3.18. The Morgan fingerprint density at radius 2 is 2.06 bits per heavy atom. The third kappa shape index (κ3) is 3.58. The Kier molecular flexibility index (Phi) is 3.97. The number of aromatic nitrogens is 1. The maximum Gasteiger partial charge on any atom is 0.341 e. The lowest BCUT2D eigenvalue weighted by Gasteiger charge is -2.19. The van der Waals surface area contributed by atoms with E-state index in [1.165, 1.54) is 6.07 Å². The molecule has 0 aliphatic rings. The molecule has 6 heteroatoms. The number of pyridine rings is 1. The number of carbonyl (C=O) groups is 1. The van der Waals surface area contributed by atoms with Crippen LogP contribution < -0.4 is 0 Å². The first-order valence-corrected chi connectivity index (χ1v) is 5.49. The van der Waals surface area contributed by atoms with Gasteiger partial charge in [-0.3, -0.25) is 0 Å². The van der Waals surface area contributed by atoms with Crippen LogP contribution in [0.5, 0.6) is 0 Å². The number of carbonyl (C=O) groups excluding carboxylic acids is 1. The van der Waals surface area contributed by atoms with Crippen LogP contribution in [-0.4, -0.2) is 16.6 Å². The fourth-order valence-electron chi connectivity index (χ4n) is 1.04. The van der Waals surface area contributed by atoms with Crippen molar-refractivity contribution in [1.29, 1.82) is 5.26 Å². The Morgan fingerprint density at radius 3 is 2.53 bits per heavy atom. The van der Waals surface area contributed by atoms with Gasteiger partial charge in [0.05, 0.1) is 10.6 Å². The highest BCUT2D eigenvalue weighted by Gasteiger charge is 2.22. The van der Waals surface area contributed by atoms with Crippen LogP contribution >= 0.6 is 23.2 Å². The second-order valence-electron chi connectivity index (χ2n) is 4.27. The molecular formula is C11H10Cl2N2O2. The largest absolute Gasteiger partial charge is 0.456 e. The zero-order chi connectivity index (χ0) is 13.2. The minimum atomic E-state index is -0.657. The molecule has 0 spiro atoms. The maximum atomic E-state index is 11.8. The van der Waals surface area contributed by atoms with E-state index in [4.69, 9.17) is 33.2 Å². The summed E-state index contributed by atoms with van der Waals surface area (Å²) >= 11 is 11.4. The van der Waals surface area contributed by atoms with Crippen molar-refractivity contribution in [3.05, 3.63) is 27.5 Å². The van der Waals surface area contributed by atoms with Gasteiger partial charge in [0.1, 0.15) is 16.8 Å². The monoisotopic (exact) mass is 272 g/mol. The van der Waals surface area contributed by atoms with Crippen molar-refractivity contribution in [2.24, 2.45) is 0 Å². The summed E-state index contributed by atoms with van der Waals surface area (Å²) in [6.07, 6.45) is 0. The highest BCUT2D eigenvalue weighted by Crippen LogP contribution is 2.24. The maximum absolute atomic E-state index is 11.8. The average molecular weight is 273 g/mol. The van der Waals surface area contributed by atoms with Crippen LogP contribution in [0.25, 0.3) is 0 Å². The lowest BCUT2D eigenvalue weighted by molar-refractivity contribution is 0.00687. The van der Waals surface area contributed by atoms with Gasteiger partial charge in [0.15, 0.2) is 5.69 Å². The molecule has 0 saturated carbocycles. The fourth-order valence-corrected chi connectivity index (χ4v) is 1.33. The number of nitrogens with zero attached hydrogens (tertiary/aromatic N) is 2. The van der Waals surface area contributed by atoms with Crippen molar-refractivity contribution in [2.75, 3.05) is 0 Å². The molecule has 1 aromatic heterocycles. The summed E-state index contributed by atoms with van der Waals surface area (Å²) in [5.74, 6) is -0.653. The Bertz CT molecular complexity index is 501. The predicted molar refractivity (Wildman–Crippen MR) is 64.1 cm³/mol. The molecule has 0 unspecified atom stereocenters. The Hall–Kier alpha value is -1.31. The van der Waals surface area contributed by atoms with Gasteiger partial charge in [-0.15, -0.1) is 0 Å². The molecule has 0 saturated heterocycles. The molecule has 4 nitrogen and oxygen atoms in total. The number of esters is 1. The highest BCUT2D eigenvalue weighted by atomic mass is 35.5. The second-order valence-corrected chi connectivity index (χ2v) is 5.04. The number of ether oxygens (including phenoxy) is 1. The minimum absolute atomic E-state index is 0.0109. The normalized spacial score (nSPS) is 10.8. The van der Waals surface area contributed by atoms with Crippen LogP contribution in [0, 0.1) is 11.3 Å². The molecule has 0 fully saturated rings. The molecule has 0 bridgehead atoms. The standard InChI is InChI=1S/C11H10Cl2N2O2/c1-11(2,3)17-10(16)6-4-7(12)9(13)15-8(6)5-14/h4H,1-3H3. The first kappa shape index (κ1) is 13.8. The van der Waals surface area contributed by atoms with Gasteiger partial charge in [0.2, 0.25) is 0 Å². The zero-order valence-corrected chi connectivity index (χ0v) is 11.1. The van der Waals surface area contributed by atoms with E-state index in [0.717, 1.165) is 0 Å². The van der Waals surface area contributed by atoms with Crippen molar-refractivity contribution in [3.8, 4) is 6.07 Å². The summed E-state index contributed by atoms with van der Waals surface area (Å²) in [5.41, 5.74) is -0.749. The summed E-state index contributed by atoms with van der Waals surface area (Å²) in [6.45, 7) is 5.17. The minimum Gasteiger partial charge on any atom is -0.456 e. The molecule has 1 aromatic rings. The van der Waals surface area contributed by atoms with Crippen LogP contribution in [0.4, 0.5) is 0 Å². The molecular weight excluding hydrogens is 263 g/mol. The first-order valence-electron chi connectivity index (χ1n) is 4.74. The van der Waals surface area contributed by atoms with Gasteiger partial charge in [-0.1, -0.05) is 23.2 Å². The Morgan fingerprint density at radius 1 is 1.47 bits per heavy atom. The zero-order valence-electron chi connectivity index (χ0n) is 9.54. The number of rotatable bonds is 1. The van der Waals surface area contributed by atoms with Crippen LogP contribution in [0.2, 0.25) is 10.2 Å². The number of hydrogen-bond acceptors (Lipinski definition) is 4. The summed E-state index contributed by atoms with van der Waals surface area (Å²) in [5, 5.41) is 8.94. The summed E-state index contributed by atoms with van der Waals surface area (Å²) in [4.78, 5) is 15.5. The number of halogens is 2. The molecule has 0 amide bonds. The molecule has 1 heterocycles. The smallest absolute Gasteiger partial charge is 0.341 e. The highest BCUT2D eigenvalue weighted by molar-refractivity contribution is 6.41. The van der Waals surface area contributed by atoms with Gasteiger partial charge >= 0.3 is 5.97 Å². The van der Waals surface area contributed by atoms with E-state index >= 15 is 0 Å². The van der Waals surface area contributed by atoms with Crippen molar-refractivity contribution in [2.45, 2.75) is 26.4 Å². The van der Waals surface area contributed by atoms with Gasteiger partial charge in [0, 0.05) is 0 Å². The van der Waals surface area contributed by atoms with Crippen LogP contribution in [0.15, 0.2) is 6.07 Å². The van der Waals surface area contributed by atoms with Crippen LogP contribution in [0.3, 0.4) is 0 Å². The van der Waals surface area contributed by atoms with Gasteiger partial charge in [0.25, 0.3) is 0 Å². The van der Waals surface area contributed by atoms with Crippen molar-refractivity contribution >= 4 is 29.2 Å². The fraction of sp³-hybridized carbons (Fsp3) is 0.364. The summed E-state index contributed by atoms with van der Waals surface area (Å²) in [7, 11) is 0. The quantitative estimate of drug-likeness (QED) is 0.582. The van der Waals surface area contributed by atoms with Crippen LogP contribution in [0.1, 0.15) is 36.8 Å². The van der Waals surface area contributed by atoms with E-state index in [-0.39, 0.29) is 21.4 Å². The molecule has 0 atom stereocenters. The van der Waals surface area contributed by atoms with Gasteiger partial charge < -0.3 is 4.74 Å². The lowest BCUT2D eigenvalue weighted by Crippen LogP contribution is -2.24. The molecule has 0 aliphatic carbocycles. The van der Waals surface area contributed by atoms with E-state index < -0.39 is 11.6 Å². The number of nitriles is 1. The van der Waals surface area contributed by atoms with E-state index in [9.17, 15) is 4.79 Å². The summed E-state index contributed by atoms with van der Waals surface area (Å²) < 4.78 is 5.13. The summed E-state index contributed by atoms with van der Waals surface area (Å²) in [6, 6.07) is 3.06. The predicted octanol–water partition coefficient (Wildman–Crippen LogP) is 3.22. The topological polar surface area (TPSA) is 63.0 Å². The van der Waals surface area contributed by atoms with Crippen LogP contribution in [-0.2, 0) is 4.74 Å². The first-order chi connectivity index (χ1) is 7.74. The van der Waals surface area contributed by atoms with E-state index in [1.54, 1.807) is 26.8 Å². The second kappa shape index (κ2) is 4.91. The molecule has 17 heavy (non-hydrogen) atoms. The lowest BCUT2D eigenvalue weighted by atomic mass is 10.1. The van der Waals surface area contributed by atoms with E-state index in [0.29, 0.717) is 0 Å². The van der Waals surface area contributed by atoms with Crippen molar-refractivity contribution < 1.29 is 9.53 Å². The molecule has 0 radical (unpaired) electrons. The number of hydrogen-bond donors (Lipinski definition) is 0. The molecule has 0 N–H and O–H groups in total. The van der Waals surface area contributed by atoms with Gasteiger partial charge in [-0.25, -0.2) is 9.78 Å². The SMILES string of the molecule is CC(C)(C)OC(=O)c1cc(Cl)c(Cl)nc1C#N. The van der Waals surface area contributed by atoms with E-state index in [2.05, 4.69) is 4.98 Å². The third-order valence-electron chi connectivity index (χ3n) is 1.66. The van der Waals surface area contributed by atoms with Gasteiger partial charge in [-0.2, -0.15) is 5.26 Å². The molecule has 0 aliphatic heterocycles. The average Bonchev–Trinajstić information content (AvgIpc) is 2.18. The van der Waals surface area contributed by atoms with Gasteiger partial charge in [-0.05, 0) is 26.8 Å². The molecule has 90 valence electrons. The van der Waals surface area contributed by atoms with Crippen molar-refractivity contribution in [3.63, 3.8) is 0 Å². The molecule has 1 rings (SSSR count). The molecule has 0 aromatic carbocycles. The Labute approximate surface area is 109 Å². The van der Waals surface area contributed by atoms with E-state index in [1.807, 2.05) is 0 Å².